The van der Waals surface area contributed by atoms with Gasteiger partial charge in [0.15, 0.2) is 0 Å². The van der Waals surface area contributed by atoms with Gasteiger partial charge in [0.05, 0.1) is 4.90 Å². The van der Waals surface area contributed by atoms with E-state index in [1.165, 1.54) is 11.2 Å². The number of nitrogens with zero attached hydrogens (tertiary/aromatic N) is 2. The van der Waals surface area contributed by atoms with Crippen molar-refractivity contribution in [2.24, 2.45) is 5.92 Å². The number of aryl methyl sites for hydroxylation is 1. The van der Waals surface area contributed by atoms with E-state index in [0.717, 1.165) is 36.9 Å². The van der Waals surface area contributed by atoms with E-state index in [1.54, 1.807) is 23.1 Å². The van der Waals surface area contributed by atoms with Gasteiger partial charge in [-0.1, -0.05) is 0 Å². The average Bonchev–Trinajstić information content (AvgIpc) is 3.51. The lowest BCUT2D eigenvalue weighted by Crippen LogP contribution is -2.43. The molecule has 0 atom stereocenters. The summed E-state index contributed by atoms with van der Waals surface area (Å²) in [5.74, 6) is -0.0551. The average molecular weight is 406 g/mol. The summed E-state index contributed by atoms with van der Waals surface area (Å²) >= 11 is 0. The highest BCUT2D eigenvalue weighted by molar-refractivity contribution is 7.89. The number of hydrogen-bond donors (Lipinski definition) is 1. The van der Waals surface area contributed by atoms with Gasteiger partial charge in [-0.2, -0.15) is 4.31 Å². The van der Waals surface area contributed by atoms with Gasteiger partial charge in [-0.15, -0.1) is 0 Å². The van der Waals surface area contributed by atoms with Crippen LogP contribution in [0.5, 0.6) is 0 Å². The van der Waals surface area contributed by atoms with E-state index in [4.69, 9.17) is 0 Å². The fourth-order valence-corrected chi connectivity index (χ4v) is 5.64. The molecule has 152 valence electrons. The van der Waals surface area contributed by atoms with E-state index in [-0.39, 0.29) is 22.6 Å². The van der Waals surface area contributed by atoms with Crippen molar-refractivity contribution in [1.29, 1.82) is 0 Å². The van der Waals surface area contributed by atoms with Crippen LogP contribution in [0.1, 0.15) is 44.6 Å². The maximum absolute atomic E-state index is 13.1. The molecule has 1 N–H and O–H groups in total. The third-order valence-electron chi connectivity index (χ3n) is 5.94. The highest BCUT2D eigenvalue weighted by atomic mass is 32.2. The van der Waals surface area contributed by atoms with Crippen LogP contribution in [0.25, 0.3) is 0 Å². The SMILES string of the molecule is CC(=O)N1CCCc2cc(S(=O)(=O)N3CCC(C(=O)NC4CC4)CC3)ccc21. The number of rotatable bonds is 4. The number of sulfonamides is 1. The van der Waals surface area contributed by atoms with E-state index in [9.17, 15) is 18.0 Å². The first kappa shape index (κ1) is 19.4. The summed E-state index contributed by atoms with van der Waals surface area (Å²) in [4.78, 5) is 26.0. The molecule has 2 amide bonds. The molecule has 2 aliphatic heterocycles. The number of piperidine rings is 1. The minimum atomic E-state index is -3.59. The Morgan fingerprint density at radius 2 is 1.79 bits per heavy atom. The van der Waals surface area contributed by atoms with Crippen molar-refractivity contribution in [3.05, 3.63) is 23.8 Å². The van der Waals surface area contributed by atoms with Crippen LogP contribution < -0.4 is 10.2 Å². The molecule has 1 aliphatic carbocycles. The number of carbonyl (C=O) groups excluding carboxylic acids is 2. The summed E-state index contributed by atoms with van der Waals surface area (Å²) in [6, 6.07) is 5.39. The minimum absolute atomic E-state index is 0.0249. The van der Waals surface area contributed by atoms with Gasteiger partial charge in [0, 0.05) is 44.2 Å². The summed E-state index contributed by atoms with van der Waals surface area (Å²) in [7, 11) is -3.59. The zero-order chi connectivity index (χ0) is 19.9. The van der Waals surface area contributed by atoms with Gasteiger partial charge in [-0.25, -0.2) is 8.42 Å². The maximum Gasteiger partial charge on any atom is 0.243 e. The third kappa shape index (κ3) is 3.80. The minimum Gasteiger partial charge on any atom is -0.353 e. The molecule has 3 aliphatic rings. The predicted octanol–water partition coefficient (Wildman–Crippen LogP) is 1.67. The zero-order valence-corrected chi connectivity index (χ0v) is 17.0. The number of benzene rings is 1. The second kappa shape index (κ2) is 7.48. The molecule has 0 bridgehead atoms. The summed E-state index contributed by atoms with van der Waals surface area (Å²) < 4.78 is 27.7. The topological polar surface area (TPSA) is 86.8 Å². The molecule has 0 aromatic heterocycles. The second-order valence-electron chi connectivity index (χ2n) is 8.03. The number of hydrogen-bond acceptors (Lipinski definition) is 4. The van der Waals surface area contributed by atoms with Gasteiger partial charge < -0.3 is 10.2 Å². The molecule has 1 aromatic carbocycles. The van der Waals surface area contributed by atoms with Gasteiger partial charge in [-0.05, 0) is 62.3 Å². The van der Waals surface area contributed by atoms with E-state index in [0.29, 0.717) is 38.5 Å². The largest absolute Gasteiger partial charge is 0.353 e. The molecule has 1 saturated carbocycles. The van der Waals surface area contributed by atoms with Crippen molar-refractivity contribution in [1.82, 2.24) is 9.62 Å². The predicted molar refractivity (Wildman–Crippen MR) is 105 cm³/mol. The highest BCUT2D eigenvalue weighted by Crippen LogP contribution is 2.32. The Morgan fingerprint density at radius 3 is 2.43 bits per heavy atom. The molecular weight excluding hydrogens is 378 g/mol. The highest BCUT2D eigenvalue weighted by Gasteiger charge is 2.34. The van der Waals surface area contributed by atoms with Crippen molar-refractivity contribution in [2.45, 2.75) is 56.4 Å². The molecule has 4 rings (SSSR count). The lowest BCUT2D eigenvalue weighted by Gasteiger charge is -2.32. The molecule has 0 unspecified atom stereocenters. The number of nitrogens with one attached hydrogen (secondary N) is 1. The Labute approximate surface area is 166 Å². The molecule has 2 heterocycles. The number of fused-ring (bicyclic) bond motifs is 1. The van der Waals surface area contributed by atoms with Gasteiger partial charge in [0.1, 0.15) is 0 Å². The third-order valence-corrected chi connectivity index (χ3v) is 7.83. The first-order valence-electron chi connectivity index (χ1n) is 10.1. The number of carbonyl (C=O) groups is 2. The summed E-state index contributed by atoms with van der Waals surface area (Å²) in [5.41, 5.74) is 1.72. The Kier molecular flexibility index (Phi) is 5.18. The van der Waals surface area contributed by atoms with Crippen molar-refractivity contribution in [3.63, 3.8) is 0 Å². The zero-order valence-electron chi connectivity index (χ0n) is 16.2. The van der Waals surface area contributed by atoms with Gasteiger partial charge >= 0.3 is 0 Å². The van der Waals surface area contributed by atoms with Crippen LogP contribution in [0.3, 0.4) is 0 Å². The maximum atomic E-state index is 13.1. The van der Waals surface area contributed by atoms with Crippen LogP contribution in [0.2, 0.25) is 0 Å². The Balaban J connectivity index is 1.47. The van der Waals surface area contributed by atoms with Crippen LogP contribution in [0, 0.1) is 5.92 Å². The molecule has 1 saturated heterocycles. The fraction of sp³-hybridized carbons (Fsp3) is 0.600. The van der Waals surface area contributed by atoms with Crippen molar-refractivity contribution in [3.8, 4) is 0 Å². The Bertz CT molecular complexity index is 887. The standard InChI is InChI=1S/C20H27N3O4S/c1-14(24)23-10-2-3-16-13-18(6-7-19(16)23)28(26,27)22-11-8-15(9-12-22)20(25)21-17-4-5-17/h6-7,13,15,17H,2-5,8-12H2,1H3,(H,21,25). The Morgan fingerprint density at radius 1 is 1.07 bits per heavy atom. The first-order chi connectivity index (χ1) is 13.4. The van der Waals surface area contributed by atoms with Crippen molar-refractivity contribution >= 4 is 27.5 Å². The molecule has 0 spiro atoms. The second-order valence-corrected chi connectivity index (χ2v) is 9.96. The fourth-order valence-electron chi connectivity index (χ4n) is 4.12. The van der Waals surface area contributed by atoms with Crippen LogP contribution in [0.15, 0.2) is 23.1 Å². The molecule has 28 heavy (non-hydrogen) atoms. The molecular formula is C20H27N3O4S. The monoisotopic (exact) mass is 405 g/mol. The van der Waals surface area contributed by atoms with E-state index < -0.39 is 10.0 Å². The molecule has 2 fully saturated rings. The smallest absolute Gasteiger partial charge is 0.243 e. The summed E-state index contributed by atoms with van der Waals surface area (Å²) in [6.07, 6.45) is 4.82. The van der Waals surface area contributed by atoms with Gasteiger partial charge in [0.2, 0.25) is 21.8 Å². The Hall–Kier alpha value is -1.93. The van der Waals surface area contributed by atoms with E-state index in [1.807, 2.05) is 0 Å². The summed E-state index contributed by atoms with van der Waals surface area (Å²) in [5, 5.41) is 3.02. The van der Waals surface area contributed by atoms with E-state index >= 15 is 0 Å². The molecule has 1 aromatic rings. The van der Waals surface area contributed by atoms with Gasteiger partial charge in [0.25, 0.3) is 0 Å². The van der Waals surface area contributed by atoms with Crippen LogP contribution in [-0.4, -0.2) is 50.2 Å². The normalized spacial score (nSPS) is 21.2. The molecule has 0 radical (unpaired) electrons. The summed E-state index contributed by atoms with van der Waals surface area (Å²) in [6.45, 7) is 2.93. The van der Waals surface area contributed by atoms with Crippen LogP contribution >= 0.6 is 0 Å². The van der Waals surface area contributed by atoms with Gasteiger partial charge in [-0.3, -0.25) is 9.59 Å². The molecule has 7 nitrogen and oxygen atoms in total. The van der Waals surface area contributed by atoms with Crippen LogP contribution in [0.4, 0.5) is 5.69 Å². The van der Waals surface area contributed by atoms with Crippen LogP contribution in [-0.2, 0) is 26.0 Å². The quantitative estimate of drug-likeness (QED) is 0.825. The van der Waals surface area contributed by atoms with E-state index in [2.05, 4.69) is 5.32 Å². The lowest BCUT2D eigenvalue weighted by molar-refractivity contribution is -0.126. The number of amides is 2. The lowest BCUT2D eigenvalue weighted by atomic mass is 9.97. The van der Waals surface area contributed by atoms with Crippen molar-refractivity contribution in [2.75, 3.05) is 24.5 Å². The van der Waals surface area contributed by atoms with Crippen molar-refractivity contribution < 1.29 is 18.0 Å². The first-order valence-corrected chi connectivity index (χ1v) is 11.5. The molecule has 8 heteroatoms. The number of anilines is 1.